The van der Waals surface area contributed by atoms with Crippen molar-refractivity contribution in [3.8, 4) is 0 Å². The number of morpholine rings is 1. The monoisotopic (exact) mass is 339 g/mol. The number of aromatic nitrogens is 2. The summed E-state index contributed by atoms with van der Waals surface area (Å²) < 4.78 is 12.9. The van der Waals surface area contributed by atoms with E-state index in [9.17, 15) is 4.79 Å². The van der Waals surface area contributed by atoms with Crippen molar-refractivity contribution in [3.63, 3.8) is 0 Å². The lowest BCUT2D eigenvalue weighted by Crippen LogP contribution is -2.40. The molecule has 3 aromatic rings. The van der Waals surface area contributed by atoms with Crippen LogP contribution in [0.3, 0.4) is 0 Å². The van der Waals surface area contributed by atoms with Crippen molar-refractivity contribution in [2.75, 3.05) is 26.2 Å². The number of pyridine rings is 1. The summed E-state index contributed by atoms with van der Waals surface area (Å²) in [6.07, 6.45) is 4.08. The van der Waals surface area contributed by atoms with Gasteiger partial charge in [-0.1, -0.05) is 6.07 Å². The lowest BCUT2D eigenvalue weighted by Gasteiger charge is -2.31. The Morgan fingerprint density at radius 1 is 1.28 bits per heavy atom. The summed E-state index contributed by atoms with van der Waals surface area (Å²) in [6, 6.07) is 9.42. The highest BCUT2D eigenvalue weighted by Gasteiger charge is 2.24. The van der Waals surface area contributed by atoms with Crippen molar-refractivity contribution in [1.29, 1.82) is 0 Å². The smallest absolute Gasteiger partial charge is 0.261 e. The van der Waals surface area contributed by atoms with Gasteiger partial charge in [0.15, 0.2) is 0 Å². The van der Waals surface area contributed by atoms with Crippen LogP contribution in [0.25, 0.3) is 5.65 Å². The van der Waals surface area contributed by atoms with Crippen molar-refractivity contribution in [1.82, 2.24) is 14.3 Å². The Balaban J connectivity index is 1.50. The number of ether oxygens (including phenoxy) is 1. The first-order chi connectivity index (χ1) is 12.2. The highest BCUT2D eigenvalue weighted by Crippen LogP contribution is 2.22. The Morgan fingerprint density at radius 2 is 2.20 bits per heavy atom. The van der Waals surface area contributed by atoms with Gasteiger partial charge in [-0.05, 0) is 37.6 Å². The summed E-state index contributed by atoms with van der Waals surface area (Å²) >= 11 is 0. The predicted molar refractivity (Wildman–Crippen MR) is 93.7 cm³/mol. The van der Waals surface area contributed by atoms with Gasteiger partial charge in [-0.2, -0.15) is 0 Å². The molecule has 0 saturated carbocycles. The van der Waals surface area contributed by atoms with Gasteiger partial charge in [0, 0.05) is 37.1 Å². The van der Waals surface area contributed by atoms with E-state index in [2.05, 4.69) is 9.88 Å². The summed E-state index contributed by atoms with van der Waals surface area (Å²) in [4.78, 5) is 19.6. The summed E-state index contributed by atoms with van der Waals surface area (Å²) in [6.45, 7) is 5.01. The van der Waals surface area contributed by atoms with Gasteiger partial charge in [0.2, 0.25) is 0 Å². The summed E-state index contributed by atoms with van der Waals surface area (Å²) in [7, 11) is 0. The molecule has 0 bridgehead atoms. The molecule has 0 radical (unpaired) electrons. The maximum Gasteiger partial charge on any atom is 0.261 e. The maximum atomic E-state index is 12.7. The second-order valence-corrected chi connectivity index (χ2v) is 6.34. The third kappa shape index (κ3) is 3.23. The van der Waals surface area contributed by atoms with E-state index >= 15 is 0 Å². The normalized spacial score (nSPS) is 18.7. The van der Waals surface area contributed by atoms with Gasteiger partial charge in [-0.15, -0.1) is 0 Å². The van der Waals surface area contributed by atoms with Crippen LogP contribution >= 0.6 is 0 Å². The molecule has 1 unspecified atom stereocenters. The molecular formula is C19H21N3O3. The van der Waals surface area contributed by atoms with Gasteiger partial charge in [0.1, 0.15) is 17.5 Å². The number of rotatable bonds is 4. The average molecular weight is 339 g/mol. The molecule has 130 valence electrons. The van der Waals surface area contributed by atoms with Crippen molar-refractivity contribution >= 4 is 5.65 Å². The quantitative estimate of drug-likeness (QED) is 0.729. The standard InChI is InChI=1S/C19H21N3O3/c1-14-15(19(23)22-8-3-2-6-18(22)20-14)7-9-21-10-12-25-17(13-21)16-5-4-11-24-16/h2-6,8,11,17H,7,9-10,12-13H2,1H3. The fourth-order valence-corrected chi connectivity index (χ4v) is 3.35. The number of hydrogen-bond acceptors (Lipinski definition) is 5. The van der Waals surface area contributed by atoms with Crippen LogP contribution in [-0.2, 0) is 11.2 Å². The fourth-order valence-electron chi connectivity index (χ4n) is 3.35. The van der Waals surface area contributed by atoms with Gasteiger partial charge < -0.3 is 9.15 Å². The molecule has 0 amide bonds. The van der Waals surface area contributed by atoms with E-state index in [0.717, 1.165) is 36.7 Å². The lowest BCUT2D eigenvalue weighted by atomic mass is 10.1. The molecule has 4 heterocycles. The van der Waals surface area contributed by atoms with E-state index in [1.165, 1.54) is 0 Å². The van der Waals surface area contributed by atoms with Crippen LogP contribution in [0.15, 0.2) is 52.0 Å². The Kier molecular flexibility index (Phi) is 4.38. The minimum Gasteiger partial charge on any atom is -0.467 e. The van der Waals surface area contributed by atoms with Crippen molar-refractivity contribution in [2.24, 2.45) is 0 Å². The van der Waals surface area contributed by atoms with E-state index in [4.69, 9.17) is 9.15 Å². The Labute approximate surface area is 145 Å². The van der Waals surface area contributed by atoms with Crippen molar-refractivity contribution in [3.05, 3.63) is 70.2 Å². The number of aryl methyl sites for hydroxylation is 1. The second kappa shape index (κ2) is 6.82. The van der Waals surface area contributed by atoms with Gasteiger partial charge >= 0.3 is 0 Å². The zero-order valence-corrected chi connectivity index (χ0v) is 14.2. The highest BCUT2D eigenvalue weighted by molar-refractivity contribution is 5.40. The number of fused-ring (bicyclic) bond motifs is 1. The fraction of sp³-hybridized carbons (Fsp3) is 0.368. The predicted octanol–water partition coefficient (Wildman–Crippen LogP) is 2.21. The van der Waals surface area contributed by atoms with Crippen LogP contribution in [0.4, 0.5) is 0 Å². The van der Waals surface area contributed by atoms with Gasteiger partial charge in [-0.3, -0.25) is 14.1 Å². The number of hydrogen-bond donors (Lipinski definition) is 0. The SMILES string of the molecule is Cc1nc2ccccn2c(=O)c1CCN1CCOC(c2ccco2)C1. The van der Waals surface area contributed by atoms with E-state index in [0.29, 0.717) is 18.7 Å². The molecule has 1 atom stereocenters. The molecule has 0 N–H and O–H groups in total. The molecule has 1 saturated heterocycles. The molecule has 6 heteroatoms. The highest BCUT2D eigenvalue weighted by atomic mass is 16.5. The van der Waals surface area contributed by atoms with Crippen molar-refractivity contribution in [2.45, 2.75) is 19.4 Å². The average Bonchev–Trinajstić information content (AvgIpc) is 3.16. The summed E-state index contributed by atoms with van der Waals surface area (Å²) in [5.41, 5.74) is 2.31. The van der Waals surface area contributed by atoms with Crippen molar-refractivity contribution < 1.29 is 9.15 Å². The Bertz CT molecular complexity index is 917. The first-order valence-electron chi connectivity index (χ1n) is 8.56. The number of nitrogens with zero attached hydrogens (tertiary/aromatic N) is 3. The third-order valence-corrected chi connectivity index (χ3v) is 4.72. The van der Waals surface area contributed by atoms with E-state index in [-0.39, 0.29) is 11.7 Å². The van der Waals surface area contributed by atoms with E-state index in [1.807, 2.05) is 37.3 Å². The summed E-state index contributed by atoms with van der Waals surface area (Å²) in [5, 5.41) is 0. The van der Waals surface area contributed by atoms with Gasteiger partial charge in [-0.25, -0.2) is 4.98 Å². The van der Waals surface area contributed by atoms with E-state index < -0.39 is 0 Å². The molecule has 6 nitrogen and oxygen atoms in total. The second-order valence-electron chi connectivity index (χ2n) is 6.34. The van der Waals surface area contributed by atoms with Crippen LogP contribution in [0.2, 0.25) is 0 Å². The minimum absolute atomic E-state index is 0.0268. The maximum absolute atomic E-state index is 12.7. The molecular weight excluding hydrogens is 318 g/mol. The molecule has 4 rings (SSSR count). The largest absolute Gasteiger partial charge is 0.467 e. The lowest BCUT2D eigenvalue weighted by molar-refractivity contribution is -0.0396. The zero-order valence-electron chi connectivity index (χ0n) is 14.2. The summed E-state index contributed by atoms with van der Waals surface area (Å²) in [5.74, 6) is 0.855. The van der Waals surface area contributed by atoms with Crippen LogP contribution < -0.4 is 5.56 Å². The third-order valence-electron chi connectivity index (χ3n) is 4.72. The Morgan fingerprint density at radius 3 is 3.04 bits per heavy atom. The minimum atomic E-state index is -0.0410. The zero-order chi connectivity index (χ0) is 17.2. The molecule has 25 heavy (non-hydrogen) atoms. The van der Waals surface area contributed by atoms with Crippen LogP contribution in [0.5, 0.6) is 0 Å². The van der Waals surface area contributed by atoms with Crippen LogP contribution in [0.1, 0.15) is 23.1 Å². The van der Waals surface area contributed by atoms with E-state index in [1.54, 1.807) is 16.9 Å². The molecule has 1 aliphatic rings. The molecule has 3 aromatic heterocycles. The molecule has 0 aromatic carbocycles. The number of furan rings is 1. The topological polar surface area (TPSA) is 60.0 Å². The van der Waals surface area contributed by atoms with Crippen LogP contribution in [-0.4, -0.2) is 40.5 Å². The van der Waals surface area contributed by atoms with Crippen LogP contribution in [0, 0.1) is 6.92 Å². The molecule has 0 spiro atoms. The molecule has 0 aliphatic carbocycles. The molecule has 1 fully saturated rings. The molecule has 1 aliphatic heterocycles. The first kappa shape index (κ1) is 16.1. The first-order valence-corrected chi connectivity index (χ1v) is 8.56. The Hall–Kier alpha value is -2.44. The van der Waals surface area contributed by atoms with Gasteiger partial charge in [0.25, 0.3) is 5.56 Å². The van der Waals surface area contributed by atoms with Gasteiger partial charge in [0.05, 0.1) is 12.9 Å².